The molecule has 0 radical (unpaired) electrons. The molecule has 1 atom stereocenters. The Labute approximate surface area is 132 Å². The van der Waals surface area contributed by atoms with Crippen LogP contribution < -0.4 is 15.2 Å². The van der Waals surface area contributed by atoms with Crippen molar-refractivity contribution in [2.24, 2.45) is 0 Å². The molecule has 4 heteroatoms. The SMILES string of the molecule is CC[NH+](CC)CC[NH+](C)Cc1coc2ccc(C)cc2c1=O. The first-order chi connectivity index (χ1) is 10.5. The molecule has 0 saturated heterocycles. The van der Waals surface area contributed by atoms with Gasteiger partial charge in [-0.3, -0.25) is 4.79 Å². The standard InChI is InChI=1S/C18H26N2O2/c1-5-20(6-2)10-9-19(4)12-15-13-22-17-8-7-14(3)11-16(17)18(15)21/h7-8,11,13H,5-6,9-10,12H2,1-4H3/p+2. The van der Waals surface area contributed by atoms with E-state index in [0.717, 1.165) is 37.3 Å². The Morgan fingerprint density at radius 2 is 1.86 bits per heavy atom. The van der Waals surface area contributed by atoms with E-state index in [1.165, 1.54) is 4.90 Å². The van der Waals surface area contributed by atoms with Gasteiger partial charge in [-0.25, -0.2) is 0 Å². The third-order valence-corrected chi connectivity index (χ3v) is 4.40. The van der Waals surface area contributed by atoms with Gasteiger partial charge in [0.05, 0.1) is 31.1 Å². The van der Waals surface area contributed by atoms with Crippen molar-refractivity contribution in [1.82, 2.24) is 0 Å². The van der Waals surface area contributed by atoms with Gasteiger partial charge in [0.25, 0.3) is 0 Å². The summed E-state index contributed by atoms with van der Waals surface area (Å²) in [5.41, 5.74) is 2.64. The molecule has 0 bridgehead atoms. The predicted molar refractivity (Wildman–Crippen MR) is 89.6 cm³/mol. The smallest absolute Gasteiger partial charge is 0.201 e. The number of quaternary nitrogens is 2. The number of benzene rings is 1. The summed E-state index contributed by atoms with van der Waals surface area (Å²) in [5, 5.41) is 0.694. The molecule has 0 aliphatic heterocycles. The lowest BCUT2D eigenvalue weighted by Gasteiger charge is -2.18. The van der Waals surface area contributed by atoms with Gasteiger partial charge in [-0.2, -0.15) is 0 Å². The highest BCUT2D eigenvalue weighted by molar-refractivity contribution is 5.77. The van der Waals surface area contributed by atoms with Crippen molar-refractivity contribution in [2.75, 3.05) is 33.2 Å². The van der Waals surface area contributed by atoms with E-state index in [4.69, 9.17) is 4.42 Å². The second-order valence-corrected chi connectivity index (χ2v) is 6.18. The lowest BCUT2D eigenvalue weighted by atomic mass is 10.1. The number of hydrogen-bond donors (Lipinski definition) is 2. The van der Waals surface area contributed by atoms with Crippen molar-refractivity contribution in [2.45, 2.75) is 27.3 Å². The van der Waals surface area contributed by atoms with E-state index >= 15 is 0 Å². The van der Waals surface area contributed by atoms with E-state index < -0.39 is 0 Å². The Hall–Kier alpha value is -1.65. The van der Waals surface area contributed by atoms with Gasteiger partial charge in [-0.05, 0) is 32.9 Å². The van der Waals surface area contributed by atoms with E-state index in [1.807, 2.05) is 25.1 Å². The van der Waals surface area contributed by atoms with Crippen LogP contribution in [0.5, 0.6) is 0 Å². The van der Waals surface area contributed by atoms with Crippen molar-refractivity contribution >= 4 is 11.0 Å². The molecule has 2 N–H and O–H groups in total. The maximum Gasteiger partial charge on any atom is 0.201 e. The Balaban J connectivity index is 2.11. The summed E-state index contributed by atoms with van der Waals surface area (Å²) < 4.78 is 5.63. The molecule has 0 aliphatic rings. The van der Waals surface area contributed by atoms with Gasteiger partial charge in [0.1, 0.15) is 31.5 Å². The maximum atomic E-state index is 12.6. The first-order valence-electron chi connectivity index (χ1n) is 8.21. The van der Waals surface area contributed by atoms with Gasteiger partial charge < -0.3 is 14.2 Å². The zero-order valence-corrected chi connectivity index (χ0v) is 14.2. The molecule has 1 aromatic carbocycles. The molecule has 1 unspecified atom stereocenters. The zero-order valence-electron chi connectivity index (χ0n) is 14.2. The fourth-order valence-electron chi connectivity index (χ4n) is 2.81. The van der Waals surface area contributed by atoms with E-state index in [-0.39, 0.29) is 5.43 Å². The monoisotopic (exact) mass is 304 g/mol. The molecule has 2 aromatic rings. The summed E-state index contributed by atoms with van der Waals surface area (Å²) in [4.78, 5) is 15.5. The molecule has 1 heterocycles. The Morgan fingerprint density at radius 3 is 2.55 bits per heavy atom. The highest BCUT2D eigenvalue weighted by atomic mass is 16.3. The summed E-state index contributed by atoms with van der Waals surface area (Å²) in [5.74, 6) is 0. The highest BCUT2D eigenvalue weighted by Gasteiger charge is 2.13. The fraction of sp³-hybridized carbons (Fsp3) is 0.500. The normalized spacial score (nSPS) is 13.0. The van der Waals surface area contributed by atoms with Gasteiger partial charge >= 0.3 is 0 Å². The molecular formula is C18H28N2O2+2. The van der Waals surface area contributed by atoms with Crippen molar-refractivity contribution in [3.05, 3.63) is 45.8 Å². The molecule has 0 saturated carbocycles. The molecule has 0 fully saturated rings. The lowest BCUT2D eigenvalue weighted by Crippen LogP contribution is -3.18. The highest BCUT2D eigenvalue weighted by Crippen LogP contribution is 2.12. The summed E-state index contributed by atoms with van der Waals surface area (Å²) in [6, 6.07) is 5.76. The summed E-state index contributed by atoms with van der Waals surface area (Å²) in [7, 11) is 2.14. The van der Waals surface area contributed by atoms with Crippen molar-refractivity contribution in [3.8, 4) is 0 Å². The van der Waals surface area contributed by atoms with E-state index in [0.29, 0.717) is 17.5 Å². The average molecular weight is 304 g/mol. The van der Waals surface area contributed by atoms with E-state index in [2.05, 4.69) is 20.9 Å². The van der Waals surface area contributed by atoms with Crippen molar-refractivity contribution < 1.29 is 14.2 Å². The van der Waals surface area contributed by atoms with Crippen LogP contribution in [-0.2, 0) is 6.54 Å². The third kappa shape index (κ3) is 3.96. The van der Waals surface area contributed by atoms with Crippen LogP contribution in [0.25, 0.3) is 11.0 Å². The van der Waals surface area contributed by atoms with Crippen LogP contribution in [0, 0.1) is 6.92 Å². The Morgan fingerprint density at radius 1 is 1.14 bits per heavy atom. The zero-order chi connectivity index (χ0) is 16.1. The molecule has 2 rings (SSSR count). The quantitative estimate of drug-likeness (QED) is 0.758. The maximum absolute atomic E-state index is 12.6. The summed E-state index contributed by atoms with van der Waals surface area (Å²) in [6.07, 6.45) is 1.63. The fourth-order valence-corrected chi connectivity index (χ4v) is 2.81. The first-order valence-corrected chi connectivity index (χ1v) is 8.21. The molecular weight excluding hydrogens is 276 g/mol. The van der Waals surface area contributed by atoms with Crippen LogP contribution in [0.3, 0.4) is 0 Å². The first kappa shape index (κ1) is 16.7. The van der Waals surface area contributed by atoms with Gasteiger partial charge in [0, 0.05) is 0 Å². The Kier molecular flexibility index (Phi) is 5.75. The Bertz CT molecular complexity index is 674. The minimum Gasteiger partial charge on any atom is -0.464 e. The van der Waals surface area contributed by atoms with Gasteiger partial charge in [0.2, 0.25) is 5.43 Å². The van der Waals surface area contributed by atoms with Crippen LogP contribution in [0.4, 0.5) is 0 Å². The third-order valence-electron chi connectivity index (χ3n) is 4.40. The largest absolute Gasteiger partial charge is 0.464 e. The predicted octanol–water partition coefficient (Wildman–Crippen LogP) is 0.0408. The minimum absolute atomic E-state index is 0.111. The van der Waals surface area contributed by atoms with Gasteiger partial charge in [-0.15, -0.1) is 0 Å². The second-order valence-electron chi connectivity index (χ2n) is 6.18. The molecule has 120 valence electrons. The number of rotatable bonds is 7. The van der Waals surface area contributed by atoms with Crippen LogP contribution in [-0.4, -0.2) is 33.2 Å². The number of aryl methyl sites for hydroxylation is 1. The molecule has 0 spiro atoms. The van der Waals surface area contributed by atoms with Gasteiger partial charge in [-0.1, -0.05) is 11.6 Å². The minimum atomic E-state index is 0.111. The van der Waals surface area contributed by atoms with Crippen LogP contribution in [0.2, 0.25) is 0 Å². The lowest BCUT2D eigenvalue weighted by molar-refractivity contribution is -0.953. The number of fused-ring (bicyclic) bond motifs is 1. The van der Waals surface area contributed by atoms with Crippen LogP contribution >= 0.6 is 0 Å². The second kappa shape index (κ2) is 7.56. The summed E-state index contributed by atoms with van der Waals surface area (Å²) in [6.45, 7) is 11.6. The molecule has 0 amide bonds. The number of nitrogens with one attached hydrogen (secondary N) is 2. The number of hydrogen-bond acceptors (Lipinski definition) is 2. The van der Waals surface area contributed by atoms with Crippen molar-refractivity contribution in [1.29, 1.82) is 0 Å². The van der Waals surface area contributed by atoms with Gasteiger partial charge in [0.15, 0.2) is 0 Å². The van der Waals surface area contributed by atoms with E-state index in [1.54, 1.807) is 11.2 Å². The van der Waals surface area contributed by atoms with E-state index in [9.17, 15) is 4.79 Å². The topological polar surface area (TPSA) is 39.1 Å². The molecule has 22 heavy (non-hydrogen) atoms. The van der Waals surface area contributed by atoms with Crippen LogP contribution in [0.15, 0.2) is 33.7 Å². The number of likely N-dealkylation sites (N-methyl/N-ethyl adjacent to an activating group) is 2. The molecule has 1 aromatic heterocycles. The average Bonchev–Trinajstić information content (AvgIpc) is 2.51. The van der Waals surface area contributed by atoms with Crippen LogP contribution in [0.1, 0.15) is 25.0 Å². The molecule has 0 aliphatic carbocycles. The summed E-state index contributed by atoms with van der Waals surface area (Å²) >= 11 is 0. The molecule has 4 nitrogen and oxygen atoms in total. The van der Waals surface area contributed by atoms with Crippen molar-refractivity contribution in [3.63, 3.8) is 0 Å².